The SMILES string of the molecule is Cn1c(=O)[nH]c(=O)c2c1nc(Sc1ccccc1)n2Cc1ccc(Cl)cc1. The number of nitrogens with one attached hydrogen (secondary N) is 1. The molecule has 0 aliphatic heterocycles. The zero-order valence-corrected chi connectivity index (χ0v) is 15.9. The number of H-pyrrole nitrogens is 1. The molecular formula is C19H15ClN4O2S. The molecule has 0 spiro atoms. The highest BCUT2D eigenvalue weighted by molar-refractivity contribution is 7.99. The predicted octanol–water partition coefficient (Wildman–Crippen LogP) is 3.28. The molecule has 27 heavy (non-hydrogen) atoms. The first-order chi connectivity index (χ1) is 13.0. The van der Waals surface area contributed by atoms with Crippen molar-refractivity contribution < 1.29 is 0 Å². The number of hydrogen-bond donors (Lipinski definition) is 1. The lowest BCUT2D eigenvalue weighted by molar-refractivity contribution is 0.728. The monoisotopic (exact) mass is 398 g/mol. The molecule has 0 radical (unpaired) electrons. The van der Waals surface area contributed by atoms with Gasteiger partial charge in [-0.25, -0.2) is 9.78 Å². The Hall–Kier alpha value is -2.77. The van der Waals surface area contributed by atoms with Gasteiger partial charge in [0, 0.05) is 17.0 Å². The second-order valence-corrected chi connectivity index (χ2v) is 7.49. The van der Waals surface area contributed by atoms with Gasteiger partial charge in [-0.15, -0.1) is 0 Å². The Balaban J connectivity index is 1.91. The lowest BCUT2D eigenvalue weighted by atomic mass is 10.2. The minimum Gasteiger partial charge on any atom is -0.308 e. The van der Waals surface area contributed by atoms with Gasteiger partial charge < -0.3 is 4.57 Å². The fourth-order valence-corrected chi connectivity index (χ4v) is 3.83. The van der Waals surface area contributed by atoms with Gasteiger partial charge in [-0.05, 0) is 29.8 Å². The number of benzene rings is 2. The predicted molar refractivity (Wildman–Crippen MR) is 107 cm³/mol. The van der Waals surface area contributed by atoms with Crippen molar-refractivity contribution in [2.75, 3.05) is 0 Å². The topological polar surface area (TPSA) is 72.7 Å². The summed E-state index contributed by atoms with van der Waals surface area (Å²) in [5.41, 5.74) is 0.762. The van der Waals surface area contributed by atoms with Crippen LogP contribution in [0.5, 0.6) is 0 Å². The molecule has 0 fully saturated rings. The van der Waals surface area contributed by atoms with Crippen molar-refractivity contribution in [1.29, 1.82) is 0 Å². The van der Waals surface area contributed by atoms with E-state index in [1.54, 1.807) is 19.2 Å². The van der Waals surface area contributed by atoms with Crippen molar-refractivity contribution >= 4 is 34.5 Å². The quantitative estimate of drug-likeness (QED) is 0.572. The van der Waals surface area contributed by atoms with Gasteiger partial charge in [0.15, 0.2) is 16.3 Å². The van der Waals surface area contributed by atoms with Crippen LogP contribution in [0.25, 0.3) is 11.2 Å². The molecule has 0 aliphatic rings. The van der Waals surface area contributed by atoms with E-state index < -0.39 is 11.2 Å². The van der Waals surface area contributed by atoms with E-state index in [2.05, 4.69) is 9.97 Å². The fraction of sp³-hybridized carbons (Fsp3) is 0.105. The zero-order valence-electron chi connectivity index (χ0n) is 14.3. The first-order valence-corrected chi connectivity index (χ1v) is 9.39. The lowest BCUT2D eigenvalue weighted by Gasteiger charge is -2.09. The molecule has 136 valence electrons. The second-order valence-electron chi connectivity index (χ2n) is 6.01. The van der Waals surface area contributed by atoms with E-state index in [4.69, 9.17) is 11.6 Å². The molecule has 8 heteroatoms. The van der Waals surface area contributed by atoms with E-state index in [0.29, 0.717) is 27.9 Å². The van der Waals surface area contributed by atoms with E-state index in [1.165, 1.54) is 16.3 Å². The first-order valence-electron chi connectivity index (χ1n) is 8.20. The fourth-order valence-electron chi connectivity index (χ4n) is 2.81. The van der Waals surface area contributed by atoms with Crippen molar-refractivity contribution in [3.63, 3.8) is 0 Å². The molecule has 2 aromatic carbocycles. The number of rotatable bonds is 4. The third-order valence-electron chi connectivity index (χ3n) is 4.18. The molecule has 6 nitrogen and oxygen atoms in total. The van der Waals surface area contributed by atoms with Crippen LogP contribution in [0.15, 0.2) is 74.2 Å². The van der Waals surface area contributed by atoms with E-state index in [-0.39, 0.29) is 0 Å². The average Bonchev–Trinajstić information content (AvgIpc) is 3.01. The van der Waals surface area contributed by atoms with Crippen molar-refractivity contribution in [3.05, 3.63) is 86.0 Å². The Morgan fingerprint density at radius 3 is 2.48 bits per heavy atom. The minimum absolute atomic E-state index is 0.358. The van der Waals surface area contributed by atoms with Crippen LogP contribution in [-0.4, -0.2) is 19.1 Å². The summed E-state index contributed by atoms with van der Waals surface area (Å²) in [6, 6.07) is 17.2. The van der Waals surface area contributed by atoms with Crippen molar-refractivity contribution in [2.45, 2.75) is 16.6 Å². The molecule has 0 atom stereocenters. The van der Waals surface area contributed by atoms with E-state index >= 15 is 0 Å². The standard InChI is InChI=1S/C19H15ClN4O2S/c1-23-16-15(17(25)22-18(23)26)24(11-12-7-9-13(20)10-8-12)19(21-16)27-14-5-3-2-4-6-14/h2-10H,11H2,1H3,(H,22,25,26). The van der Waals surface area contributed by atoms with Gasteiger partial charge in [0.05, 0.1) is 6.54 Å². The highest BCUT2D eigenvalue weighted by atomic mass is 35.5. The van der Waals surface area contributed by atoms with Gasteiger partial charge in [-0.1, -0.05) is 53.7 Å². The summed E-state index contributed by atoms with van der Waals surface area (Å²) in [5.74, 6) is 0. The average molecular weight is 399 g/mol. The summed E-state index contributed by atoms with van der Waals surface area (Å²) in [6.45, 7) is 0.435. The van der Waals surface area contributed by atoms with Crippen LogP contribution in [-0.2, 0) is 13.6 Å². The number of nitrogens with zero attached hydrogens (tertiary/aromatic N) is 3. The molecule has 4 aromatic rings. The highest BCUT2D eigenvalue weighted by Gasteiger charge is 2.18. The van der Waals surface area contributed by atoms with Crippen LogP contribution >= 0.6 is 23.4 Å². The van der Waals surface area contributed by atoms with E-state index in [0.717, 1.165) is 10.5 Å². The van der Waals surface area contributed by atoms with Gasteiger partial charge >= 0.3 is 5.69 Å². The number of fused-ring (bicyclic) bond motifs is 1. The van der Waals surface area contributed by atoms with Crippen molar-refractivity contribution in [3.8, 4) is 0 Å². The summed E-state index contributed by atoms with van der Waals surface area (Å²) in [5, 5.41) is 1.28. The van der Waals surface area contributed by atoms with Gasteiger partial charge in [0.1, 0.15) is 0 Å². The third kappa shape index (κ3) is 3.43. The number of imidazole rings is 1. The smallest absolute Gasteiger partial charge is 0.308 e. The van der Waals surface area contributed by atoms with Crippen LogP contribution in [0, 0.1) is 0 Å². The second kappa shape index (κ2) is 7.09. The summed E-state index contributed by atoms with van der Waals surface area (Å²) in [6.07, 6.45) is 0. The Morgan fingerprint density at radius 2 is 1.78 bits per heavy atom. The molecule has 0 saturated heterocycles. The Bertz CT molecular complexity index is 1230. The number of aromatic nitrogens is 4. The molecule has 0 amide bonds. The number of halogens is 1. The van der Waals surface area contributed by atoms with Crippen molar-refractivity contribution in [2.24, 2.45) is 7.05 Å². The summed E-state index contributed by atoms with van der Waals surface area (Å²) >= 11 is 7.42. The highest BCUT2D eigenvalue weighted by Crippen LogP contribution is 2.29. The number of hydrogen-bond acceptors (Lipinski definition) is 4. The van der Waals surface area contributed by atoms with Crippen LogP contribution < -0.4 is 11.2 Å². The largest absolute Gasteiger partial charge is 0.329 e. The Morgan fingerprint density at radius 1 is 1.07 bits per heavy atom. The molecule has 0 bridgehead atoms. The summed E-state index contributed by atoms with van der Waals surface area (Å²) < 4.78 is 3.18. The molecule has 0 unspecified atom stereocenters. The Labute approximate surface area is 163 Å². The normalized spacial score (nSPS) is 11.2. The Kier molecular flexibility index (Phi) is 4.63. The first kappa shape index (κ1) is 17.6. The molecular weight excluding hydrogens is 384 g/mol. The van der Waals surface area contributed by atoms with Gasteiger partial charge in [0.25, 0.3) is 5.56 Å². The maximum Gasteiger partial charge on any atom is 0.329 e. The van der Waals surface area contributed by atoms with E-state index in [9.17, 15) is 9.59 Å². The molecule has 4 rings (SSSR count). The molecule has 2 heterocycles. The van der Waals surface area contributed by atoms with Gasteiger partial charge in [-0.3, -0.25) is 14.3 Å². The van der Waals surface area contributed by atoms with Gasteiger partial charge in [0.2, 0.25) is 0 Å². The maximum absolute atomic E-state index is 12.5. The summed E-state index contributed by atoms with van der Waals surface area (Å²) in [7, 11) is 1.59. The van der Waals surface area contributed by atoms with Crippen LogP contribution in [0.1, 0.15) is 5.56 Å². The maximum atomic E-state index is 12.5. The minimum atomic E-state index is -0.486. The van der Waals surface area contributed by atoms with Crippen LogP contribution in [0.3, 0.4) is 0 Å². The van der Waals surface area contributed by atoms with Crippen molar-refractivity contribution in [1.82, 2.24) is 19.1 Å². The molecule has 2 aromatic heterocycles. The number of aryl methyl sites for hydroxylation is 1. The zero-order chi connectivity index (χ0) is 19.0. The molecule has 1 N–H and O–H groups in total. The lowest BCUT2D eigenvalue weighted by Crippen LogP contribution is -2.29. The third-order valence-corrected chi connectivity index (χ3v) is 5.43. The van der Waals surface area contributed by atoms with E-state index in [1.807, 2.05) is 47.0 Å². The van der Waals surface area contributed by atoms with Crippen LogP contribution in [0.4, 0.5) is 0 Å². The number of aromatic amines is 1. The van der Waals surface area contributed by atoms with Gasteiger partial charge in [-0.2, -0.15) is 0 Å². The molecule has 0 aliphatic carbocycles. The molecule has 0 saturated carbocycles. The van der Waals surface area contributed by atoms with Crippen LogP contribution in [0.2, 0.25) is 5.02 Å². The summed E-state index contributed by atoms with van der Waals surface area (Å²) in [4.78, 5) is 32.4.